The first-order valence-corrected chi connectivity index (χ1v) is 7.55. The van der Waals surface area contributed by atoms with Crippen LogP contribution in [0, 0.1) is 6.92 Å². The lowest BCUT2D eigenvalue weighted by molar-refractivity contribution is -0.326. The first-order valence-electron chi connectivity index (χ1n) is 7.55. The van der Waals surface area contributed by atoms with E-state index in [-0.39, 0.29) is 5.91 Å². The Morgan fingerprint density at radius 2 is 1.88 bits per heavy atom. The molecule has 0 bridgehead atoms. The normalized spacial score (nSPS) is 10.9. The first-order chi connectivity index (χ1) is 11.7. The van der Waals surface area contributed by atoms with Gasteiger partial charge in [0.05, 0.1) is 0 Å². The highest BCUT2D eigenvalue weighted by Gasteiger charge is 2.25. The summed E-state index contributed by atoms with van der Waals surface area (Å²) < 4.78 is 5.24. The standard InChI is InChI=1S/C18H14N4O2/c1-11-15(16(22-24-11)12-7-3-2-4-8-12)17(23)21-18-19-13-9-5-6-10-14(13)20-18/h2-10H,1H3,(H2,19,20,21,23)/p+1. The summed E-state index contributed by atoms with van der Waals surface area (Å²) in [7, 11) is 0. The van der Waals surface area contributed by atoms with E-state index in [2.05, 4.69) is 20.4 Å². The minimum absolute atomic E-state index is 0.282. The van der Waals surface area contributed by atoms with Crippen LogP contribution >= 0.6 is 0 Å². The molecule has 6 heteroatoms. The minimum Gasteiger partial charge on any atom is -0.360 e. The zero-order valence-electron chi connectivity index (χ0n) is 13.0. The van der Waals surface area contributed by atoms with Gasteiger partial charge in [0, 0.05) is 5.56 Å². The molecule has 6 nitrogen and oxygen atoms in total. The molecule has 2 aromatic heterocycles. The molecule has 0 radical (unpaired) electrons. The molecule has 0 aliphatic heterocycles. The molecule has 1 amide bonds. The number of fused-ring (bicyclic) bond motifs is 1. The van der Waals surface area contributed by atoms with Crippen LogP contribution in [0.5, 0.6) is 0 Å². The van der Waals surface area contributed by atoms with Gasteiger partial charge in [-0.05, 0) is 19.1 Å². The SMILES string of the molecule is Cc1onc(-c2ccccc2)c1C(=O)Nc1[nH]c2ccccc2[nH+]1. The Balaban J connectivity index is 1.69. The van der Waals surface area contributed by atoms with Gasteiger partial charge in [-0.15, -0.1) is 0 Å². The number of nitrogens with zero attached hydrogens (tertiary/aromatic N) is 1. The predicted molar refractivity (Wildman–Crippen MR) is 89.5 cm³/mol. The highest BCUT2D eigenvalue weighted by molar-refractivity contribution is 6.08. The minimum atomic E-state index is -0.282. The van der Waals surface area contributed by atoms with E-state index in [1.54, 1.807) is 6.92 Å². The molecule has 3 N–H and O–H groups in total. The van der Waals surface area contributed by atoms with E-state index in [4.69, 9.17) is 4.52 Å². The Bertz CT molecular complexity index is 985. The van der Waals surface area contributed by atoms with E-state index in [9.17, 15) is 4.79 Å². The van der Waals surface area contributed by atoms with Crippen LogP contribution in [0.3, 0.4) is 0 Å². The van der Waals surface area contributed by atoms with Gasteiger partial charge in [0.2, 0.25) is 0 Å². The first kappa shape index (κ1) is 14.2. The van der Waals surface area contributed by atoms with Gasteiger partial charge < -0.3 is 4.52 Å². The maximum Gasteiger partial charge on any atom is 0.361 e. The van der Waals surface area contributed by atoms with Crippen LogP contribution in [0.4, 0.5) is 5.95 Å². The average molecular weight is 319 g/mol. The van der Waals surface area contributed by atoms with Crippen molar-refractivity contribution in [3.63, 3.8) is 0 Å². The van der Waals surface area contributed by atoms with E-state index in [0.717, 1.165) is 16.6 Å². The van der Waals surface area contributed by atoms with Gasteiger partial charge >= 0.3 is 11.9 Å². The van der Waals surface area contributed by atoms with Crippen molar-refractivity contribution in [1.82, 2.24) is 10.1 Å². The van der Waals surface area contributed by atoms with Crippen molar-refractivity contribution in [2.45, 2.75) is 6.92 Å². The second kappa shape index (κ2) is 5.66. The molecule has 0 fully saturated rings. The Hall–Kier alpha value is -3.41. The van der Waals surface area contributed by atoms with Crippen LogP contribution in [0.2, 0.25) is 0 Å². The van der Waals surface area contributed by atoms with E-state index in [1.807, 2.05) is 54.6 Å². The lowest BCUT2D eigenvalue weighted by Gasteiger charge is -1.99. The number of anilines is 1. The van der Waals surface area contributed by atoms with Crippen molar-refractivity contribution >= 4 is 22.9 Å². The molecule has 2 heterocycles. The monoisotopic (exact) mass is 319 g/mol. The highest BCUT2D eigenvalue weighted by atomic mass is 16.5. The number of rotatable bonds is 3. The van der Waals surface area contributed by atoms with E-state index >= 15 is 0 Å². The number of hydrogen-bond acceptors (Lipinski definition) is 3. The largest absolute Gasteiger partial charge is 0.361 e. The van der Waals surface area contributed by atoms with Crippen LogP contribution < -0.4 is 10.3 Å². The number of carbonyl (C=O) groups is 1. The second-order valence-electron chi connectivity index (χ2n) is 5.45. The molecule has 4 rings (SSSR count). The summed E-state index contributed by atoms with van der Waals surface area (Å²) in [5.74, 6) is 0.707. The van der Waals surface area contributed by atoms with Gasteiger partial charge in [-0.3, -0.25) is 4.79 Å². The van der Waals surface area contributed by atoms with Crippen molar-refractivity contribution < 1.29 is 14.3 Å². The van der Waals surface area contributed by atoms with Crippen molar-refractivity contribution in [3.8, 4) is 11.3 Å². The predicted octanol–water partition coefficient (Wildman–Crippen LogP) is 3.20. The van der Waals surface area contributed by atoms with Crippen molar-refractivity contribution in [3.05, 3.63) is 65.9 Å². The van der Waals surface area contributed by atoms with Crippen LogP contribution in [-0.4, -0.2) is 16.0 Å². The van der Waals surface area contributed by atoms with Gasteiger partial charge in [0.15, 0.2) is 0 Å². The fraction of sp³-hybridized carbons (Fsp3) is 0.0556. The molecule has 2 aromatic carbocycles. The third-order valence-electron chi connectivity index (χ3n) is 3.82. The van der Waals surface area contributed by atoms with E-state index in [1.165, 1.54) is 0 Å². The molecule has 0 spiro atoms. The number of aromatic nitrogens is 3. The lowest BCUT2D eigenvalue weighted by atomic mass is 10.1. The van der Waals surface area contributed by atoms with Crippen LogP contribution in [0.1, 0.15) is 16.1 Å². The molecule has 0 atom stereocenters. The number of amides is 1. The molecule has 0 aliphatic rings. The van der Waals surface area contributed by atoms with Gasteiger partial charge in [-0.2, -0.15) is 0 Å². The average Bonchev–Trinajstić information content (AvgIpc) is 3.18. The molecule has 4 aromatic rings. The Labute approximate surface area is 137 Å². The maximum atomic E-state index is 12.7. The van der Waals surface area contributed by atoms with Gasteiger partial charge in [0.1, 0.15) is 28.1 Å². The molecule has 118 valence electrons. The van der Waals surface area contributed by atoms with Gasteiger partial charge in [-0.25, -0.2) is 15.3 Å². The van der Waals surface area contributed by atoms with Crippen molar-refractivity contribution in [2.24, 2.45) is 0 Å². The number of nitrogens with one attached hydrogen (secondary N) is 3. The summed E-state index contributed by atoms with van der Waals surface area (Å²) in [6, 6.07) is 17.2. The highest BCUT2D eigenvalue weighted by Crippen LogP contribution is 2.25. The number of imidazole rings is 1. The van der Waals surface area contributed by atoms with Crippen molar-refractivity contribution in [2.75, 3.05) is 5.32 Å². The number of benzene rings is 2. The smallest absolute Gasteiger partial charge is 0.360 e. The zero-order valence-corrected chi connectivity index (χ0v) is 13.0. The number of hydrogen-bond donors (Lipinski definition) is 2. The topological polar surface area (TPSA) is 85.1 Å². The van der Waals surface area contributed by atoms with Crippen molar-refractivity contribution in [1.29, 1.82) is 0 Å². The van der Waals surface area contributed by atoms with Gasteiger partial charge in [-0.1, -0.05) is 47.6 Å². The number of aromatic amines is 2. The molecule has 0 aliphatic carbocycles. The summed E-state index contributed by atoms with van der Waals surface area (Å²) in [6.07, 6.45) is 0. The van der Waals surface area contributed by atoms with E-state index in [0.29, 0.717) is 23.0 Å². The Kier molecular flexibility index (Phi) is 3.35. The summed E-state index contributed by atoms with van der Waals surface area (Å²) in [6.45, 7) is 1.73. The van der Waals surface area contributed by atoms with Crippen LogP contribution in [0.25, 0.3) is 22.3 Å². The summed E-state index contributed by atoms with van der Waals surface area (Å²) >= 11 is 0. The van der Waals surface area contributed by atoms with Crippen LogP contribution in [-0.2, 0) is 0 Å². The third-order valence-corrected chi connectivity index (χ3v) is 3.82. The number of H-pyrrole nitrogens is 2. The number of para-hydroxylation sites is 2. The molecule has 0 unspecified atom stereocenters. The summed E-state index contributed by atoms with van der Waals surface area (Å²) in [5.41, 5.74) is 3.62. The zero-order chi connectivity index (χ0) is 16.5. The maximum absolute atomic E-state index is 12.7. The molecule has 0 saturated heterocycles. The fourth-order valence-electron chi connectivity index (χ4n) is 2.67. The Morgan fingerprint density at radius 3 is 2.67 bits per heavy atom. The second-order valence-corrected chi connectivity index (χ2v) is 5.45. The van der Waals surface area contributed by atoms with Crippen LogP contribution in [0.15, 0.2) is 59.1 Å². The van der Waals surface area contributed by atoms with E-state index < -0.39 is 0 Å². The quantitative estimate of drug-likeness (QED) is 0.608. The molecule has 0 saturated carbocycles. The summed E-state index contributed by atoms with van der Waals surface area (Å²) in [4.78, 5) is 19.0. The molecular weight excluding hydrogens is 304 g/mol. The number of carbonyl (C=O) groups excluding carboxylic acids is 1. The molecular formula is C18H15N4O2+. The fourth-order valence-corrected chi connectivity index (χ4v) is 2.67. The third kappa shape index (κ3) is 2.44. The summed E-state index contributed by atoms with van der Waals surface area (Å²) in [5, 5.41) is 6.87. The molecule has 24 heavy (non-hydrogen) atoms. The Morgan fingerprint density at radius 1 is 1.12 bits per heavy atom. The lowest BCUT2D eigenvalue weighted by Crippen LogP contribution is -2.19. The number of aryl methyl sites for hydroxylation is 1. The van der Waals surface area contributed by atoms with Gasteiger partial charge in [0.25, 0.3) is 0 Å².